The Kier molecular flexibility index (Phi) is 6.90. The first kappa shape index (κ1) is 27.4. The minimum atomic E-state index is -3.35. The van der Waals surface area contributed by atoms with Crippen LogP contribution < -0.4 is 15.5 Å². The summed E-state index contributed by atoms with van der Waals surface area (Å²) in [4.78, 5) is 39.9. The highest BCUT2D eigenvalue weighted by Crippen LogP contribution is 2.38. The molecule has 15 heteroatoms. The van der Waals surface area contributed by atoms with E-state index in [0.717, 1.165) is 24.5 Å². The highest BCUT2D eigenvalue weighted by atomic mass is 32.2. The van der Waals surface area contributed by atoms with E-state index in [1.807, 2.05) is 0 Å². The Morgan fingerprint density at radius 1 is 1.05 bits per heavy atom. The smallest absolute Gasteiger partial charge is 0.324 e. The quantitative estimate of drug-likeness (QED) is 0.282. The van der Waals surface area contributed by atoms with Crippen LogP contribution >= 0.6 is 11.3 Å². The number of urea groups is 1. The second kappa shape index (κ2) is 10.6. The van der Waals surface area contributed by atoms with Crippen LogP contribution in [0, 0.1) is 11.6 Å². The third-order valence-corrected chi connectivity index (χ3v) is 8.71. The highest BCUT2D eigenvalue weighted by molar-refractivity contribution is 7.90. The summed E-state index contributed by atoms with van der Waals surface area (Å²) in [7, 11) is -3.35. The maximum atomic E-state index is 14.6. The second-order valence-corrected chi connectivity index (χ2v) is 12.6. The summed E-state index contributed by atoms with van der Waals surface area (Å²) in [5.74, 6) is -0.942. The van der Waals surface area contributed by atoms with Crippen molar-refractivity contribution in [2.75, 3.05) is 28.3 Å². The van der Waals surface area contributed by atoms with Crippen LogP contribution in [0.5, 0.6) is 0 Å². The number of rotatable bonds is 6. The van der Waals surface area contributed by atoms with E-state index >= 15 is 0 Å². The van der Waals surface area contributed by atoms with E-state index in [4.69, 9.17) is 0 Å². The van der Waals surface area contributed by atoms with E-state index in [1.54, 1.807) is 21.7 Å². The van der Waals surface area contributed by atoms with Gasteiger partial charge in [-0.2, -0.15) is 0 Å². The van der Waals surface area contributed by atoms with Crippen molar-refractivity contribution in [3.63, 3.8) is 0 Å². The third-order valence-electron chi connectivity index (χ3n) is 6.67. The second-order valence-electron chi connectivity index (χ2n) is 9.56. The molecular weight excluding hydrogens is 588 g/mol. The molecule has 1 saturated heterocycles. The fourth-order valence-electron chi connectivity index (χ4n) is 4.78. The molecule has 1 fully saturated rings. The number of sulfone groups is 1. The minimum Gasteiger partial charge on any atom is -0.341 e. The van der Waals surface area contributed by atoms with Gasteiger partial charge in [-0.25, -0.2) is 36.9 Å². The number of hydrogen-bond donors (Lipinski definition) is 2. The summed E-state index contributed by atoms with van der Waals surface area (Å²) in [6, 6.07) is 9.41. The maximum absolute atomic E-state index is 14.6. The summed E-state index contributed by atoms with van der Waals surface area (Å²) in [6.45, 7) is -0.0185. The van der Waals surface area contributed by atoms with Gasteiger partial charge in [0.15, 0.2) is 26.4 Å². The lowest BCUT2D eigenvalue weighted by atomic mass is 10.0. The van der Waals surface area contributed by atoms with E-state index in [0.29, 0.717) is 32.7 Å². The van der Waals surface area contributed by atoms with Gasteiger partial charge in [0.2, 0.25) is 0 Å². The number of nitrogens with zero attached hydrogens (tertiary/aromatic N) is 5. The van der Waals surface area contributed by atoms with Crippen LogP contribution in [0.25, 0.3) is 16.2 Å². The number of aromatic nitrogens is 4. The average molecular weight is 610 g/mol. The molecule has 0 bridgehead atoms. The number of anilines is 3. The molecule has 0 saturated carbocycles. The topological polar surface area (TPSA) is 139 Å². The first-order valence-corrected chi connectivity index (χ1v) is 15.2. The number of Topliss-reactive ketones (excluding diaryl/α,β-unsaturated/α-hetero) is 1. The Morgan fingerprint density at radius 2 is 1.83 bits per heavy atom. The van der Waals surface area contributed by atoms with Crippen LogP contribution in [-0.4, -0.2) is 52.6 Å². The minimum absolute atomic E-state index is 0.0119. The number of fused-ring (bicyclic) bond motifs is 1. The van der Waals surface area contributed by atoms with E-state index in [1.165, 1.54) is 48.1 Å². The predicted molar refractivity (Wildman–Crippen MR) is 153 cm³/mol. The maximum Gasteiger partial charge on any atom is 0.324 e. The molecule has 0 aliphatic carbocycles. The van der Waals surface area contributed by atoms with Gasteiger partial charge in [-0.3, -0.25) is 14.7 Å². The van der Waals surface area contributed by atoms with Crippen LogP contribution in [0.1, 0.15) is 18.0 Å². The number of benzene rings is 2. The molecule has 1 aliphatic rings. The van der Waals surface area contributed by atoms with Crippen LogP contribution in [0.15, 0.2) is 72.1 Å². The molecule has 2 amide bonds. The van der Waals surface area contributed by atoms with Gasteiger partial charge in [-0.05, 0) is 48.5 Å². The molecule has 11 nitrogen and oxygen atoms in total. The first-order valence-electron chi connectivity index (χ1n) is 12.5. The number of halogens is 2. The highest BCUT2D eigenvalue weighted by Gasteiger charge is 2.35. The molecule has 214 valence electrons. The molecule has 4 heterocycles. The molecular formula is C27H21F2N7O4S2. The van der Waals surface area contributed by atoms with Crippen molar-refractivity contribution < 1.29 is 26.8 Å². The zero-order chi connectivity index (χ0) is 29.6. The van der Waals surface area contributed by atoms with Gasteiger partial charge >= 0.3 is 6.03 Å². The Morgan fingerprint density at radius 3 is 2.60 bits per heavy atom. The molecule has 3 aromatic heterocycles. The van der Waals surface area contributed by atoms with Crippen LogP contribution in [-0.2, 0) is 14.6 Å². The van der Waals surface area contributed by atoms with Crippen LogP contribution in [0.3, 0.4) is 0 Å². The molecule has 1 aliphatic heterocycles. The van der Waals surface area contributed by atoms with E-state index < -0.39 is 33.5 Å². The van der Waals surface area contributed by atoms with Gasteiger partial charge in [0.05, 0.1) is 29.1 Å². The molecule has 0 spiro atoms. The number of hydrogen-bond acceptors (Lipinski definition) is 9. The number of nitrogens with one attached hydrogen (secondary N) is 2. The van der Waals surface area contributed by atoms with Gasteiger partial charge in [0.25, 0.3) is 0 Å². The molecule has 1 unspecified atom stereocenters. The Balaban J connectivity index is 1.23. The molecule has 42 heavy (non-hydrogen) atoms. The molecule has 2 N–H and O–H groups in total. The lowest BCUT2D eigenvalue weighted by Crippen LogP contribution is -2.25. The number of carbonyl (C=O) groups excluding carboxylic acids is 2. The van der Waals surface area contributed by atoms with Crippen LogP contribution in [0.4, 0.5) is 30.1 Å². The summed E-state index contributed by atoms with van der Waals surface area (Å²) < 4.78 is 53.5. The van der Waals surface area contributed by atoms with Crippen molar-refractivity contribution >= 4 is 60.5 Å². The number of thiazole rings is 1. The molecule has 0 radical (unpaired) electrons. The van der Waals surface area contributed by atoms with Crippen molar-refractivity contribution in [2.45, 2.75) is 17.4 Å². The van der Waals surface area contributed by atoms with Gasteiger partial charge in [0, 0.05) is 30.1 Å². The molecule has 2 aromatic carbocycles. The summed E-state index contributed by atoms with van der Waals surface area (Å²) >= 11 is 1.17. The van der Waals surface area contributed by atoms with Crippen molar-refractivity contribution in [1.82, 2.24) is 19.5 Å². The van der Waals surface area contributed by atoms with E-state index in [2.05, 4.69) is 25.6 Å². The average Bonchev–Trinajstić information content (AvgIpc) is 3.68. The third kappa shape index (κ3) is 5.31. The predicted octanol–water partition coefficient (Wildman–Crippen LogP) is 4.72. The first-order chi connectivity index (χ1) is 20.1. The SMILES string of the molecule is CS(=O)(=O)c1ccc(NC(=O)Nc2cnc(-n3ccc4c(N5CC(=O)CC5c5cc(F)ccc5F)ncnc43)s2)cc1. The summed E-state index contributed by atoms with van der Waals surface area (Å²) in [5, 5.41) is 6.81. The van der Waals surface area contributed by atoms with Crippen molar-refractivity contribution in [1.29, 1.82) is 0 Å². The lowest BCUT2D eigenvalue weighted by molar-refractivity contribution is -0.116. The summed E-state index contributed by atoms with van der Waals surface area (Å²) in [6.07, 6.45) is 5.62. The summed E-state index contributed by atoms with van der Waals surface area (Å²) in [5.41, 5.74) is 0.948. The number of amides is 2. The molecule has 6 rings (SSSR count). The van der Waals surface area contributed by atoms with Crippen molar-refractivity contribution in [3.05, 3.63) is 84.4 Å². The largest absolute Gasteiger partial charge is 0.341 e. The van der Waals surface area contributed by atoms with Crippen LogP contribution in [0.2, 0.25) is 0 Å². The van der Waals surface area contributed by atoms with E-state index in [-0.39, 0.29) is 29.2 Å². The number of ketones is 1. The number of carbonyl (C=O) groups is 2. The fourth-order valence-corrected chi connectivity index (χ4v) is 6.20. The van der Waals surface area contributed by atoms with Crippen molar-refractivity contribution in [2.24, 2.45) is 0 Å². The Bertz CT molecular complexity index is 1960. The van der Waals surface area contributed by atoms with Gasteiger partial charge in [-0.15, -0.1) is 0 Å². The van der Waals surface area contributed by atoms with E-state index in [9.17, 15) is 26.8 Å². The van der Waals surface area contributed by atoms with Gasteiger partial charge in [0.1, 0.15) is 28.8 Å². The van der Waals surface area contributed by atoms with Crippen molar-refractivity contribution in [3.8, 4) is 5.13 Å². The fraction of sp³-hybridized carbons (Fsp3) is 0.148. The molecule has 1 atom stereocenters. The zero-order valence-corrected chi connectivity index (χ0v) is 23.4. The zero-order valence-electron chi connectivity index (χ0n) is 21.8. The Labute approximate surface area is 241 Å². The standard InChI is InChI=1S/C27H21F2N7O4S2/c1-42(39,40)18-5-3-16(4-6-18)33-26(38)34-23-12-30-27(41-23)35-9-8-19-24(35)31-14-32-25(19)36-13-17(37)11-22(36)20-10-15(28)2-7-21(20)29/h2-10,12,14,22H,11,13H2,1H3,(H2,33,34,38). The Hall–Kier alpha value is -4.76. The lowest BCUT2D eigenvalue weighted by Gasteiger charge is -2.26. The molecule has 5 aromatic rings. The van der Waals surface area contributed by atoms with Gasteiger partial charge < -0.3 is 10.2 Å². The normalized spacial score (nSPS) is 15.4. The van der Waals surface area contributed by atoms with Gasteiger partial charge in [-0.1, -0.05) is 11.3 Å². The monoisotopic (exact) mass is 609 g/mol.